The summed E-state index contributed by atoms with van der Waals surface area (Å²) < 4.78 is 0. The van der Waals surface area contributed by atoms with Gasteiger partial charge in [0.25, 0.3) is 11.8 Å². The Morgan fingerprint density at radius 3 is 2.19 bits per heavy atom. The van der Waals surface area contributed by atoms with Crippen LogP contribution in [0, 0.1) is 6.92 Å². The molecule has 0 heterocycles. The number of amides is 2. The predicted octanol–water partition coefficient (Wildman–Crippen LogP) is 4.70. The van der Waals surface area contributed by atoms with Crippen molar-refractivity contribution in [2.24, 2.45) is 0 Å². The van der Waals surface area contributed by atoms with Crippen LogP contribution in [0.2, 0.25) is 0 Å². The van der Waals surface area contributed by atoms with Gasteiger partial charge in [0.15, 0.2) is 0 Å². The van der Waals surface area contributed by atoms with E-state index < -0.39 is 0 Å². The van der Waals surface area contributed by atoms with Crippen molar-refractivity contribution in [2.45, 2.75) is 51.5 Å². The smallest absolute Gasteiger partial charge is 0.255 e. The van der Waals surface area contributed by atoms with Gasteiger partial charge < -0.3 is 10.6 Å². The molecule has 3 rings (SSSR count). The molecule has 0 unspecified atom stereocenters. The van der Waals surface area contributed by atoms with E-state index in [9.17, 15) is 9.59 Å². The number of hydrogen-bond donors (Lipinski definition) is 2. The molecule has 0 saturated heterocycles. The van der Waals surface area contributed by atoms with Crippen LogP contribution in [-0.4, -0.2) is 17.9 Å². The average Bonchev–Trinajstić information content (AvgIpc) is 2.91. The van der Waals surface area contributed by atoms with Gasteiger partial charge in [0, 0.05) is 11.6 Å². The van der Waals surface area contributed by atoms with Crippen LogP contribution in [0.3, 0.4) is 0 Å². The maximum Gasteiger partial charge on any atom is 0.255 e. The number of rotatable bonds is 4. The van der Waals surface area contributed by atoms with Crippen molar-refractivity contribution in [1.29, 1.82) is 0 Å². The zero-order valence-corrected chi connectivity index (χ0v) is 15.3. The molecular formula is C22H26N2O2. The summed E-state index contributed by atoms with van der Waals surface area (Å²) in [5.74, 6) is -0.323. The molecule has 0 atom stereocenters. The number of benzene rings is 2. The third kappa shape index (κ3) is 4.72. The second-order valence-electron chi connectivity index (χ2n) is 7.03. The molecule has 0 radical (unpaired) electrons. The number of hydrogen-bond acceptors (Lipinski definition) is 2. The van der Waals surface area contributed by atoms with Crippen molar-refractivity contribution in [3.8, 4) is 0 Å². The Balaban J connectivity index is 1.71. The van der Waals surface area contributed by atoms with Crippen molar-refractivity contribution < 1.29 is 9.59 Å². The van der Waals surface area contributed by atoms with Crippen molar-refractivity contribution >= 4 is 17.5 Å². The summed E-state index contributed by atoms with van der Waals surface area (Å²) in [5, 5.41) is 6.02. The SMILES string of the molecule is Cc1ccc(C(=O)Nc2ccccc2C(=O)NC2CCCCCC2)cc1. The molecule has 136 valence electrons. The molecule has 2 N–H and O–H groups in total. The Kier molecular flexibility index (Phi) is 6.05. The molecule has 0 aliphatic heterocycles. The first-order chi connectivity index (χ1) is 12.6. The van der Waals surface area contributed by atoms with E-state index in [-0.39, 0.29) is 17.9 Å². The Morgan fingerprint density at radius 1 is 0.846 bits per heavy atom. The van der Waals surface area contributed by atoms with Gasteiger partial charge >= 0.3 is 0 Å². The van der Waals surface area contributed by atoms with Crippen molar-refractivity contribution in [3.05, 3.63) is 65.2 Å². The molecule has 26 heavy (non-hydrogen) atoms. The van der Waals surface area contributed by atoms with Gasteiger partial charge in [-0.25, -0.2) is 0 Å². The summed E-state index contributed by atoms with van der Waals surface area (Å²) in [7, 11) is 0. The Bertz CT molecular complexity index is 760. The van der Waals surface area contributed by atoms with Gasteiger partial charge in [0.2, 0.25) is 0 Å². The lowest BCUT2D eigenvalue weighted by Gasteiger charge is -2.18. The molecule has 4 nitrogen and oxygen atoms in total. The molecule has 1 fully saturated rings. The highest BCUT2D eigenvalue weighted by Crippen LogP contribution is 2.20. The minimum absolute atomic E-state index is 0.114. The highest BCUT2D eigenvalue weighted by Gasteiger charge is 2.18. The lowest BCUT2D eigenvalue weighted by Crippen LogP contribution is -2.35. The van der Waals surface area contributed by atoms with Gasteiger partial charge in [-0.15, -0.1) is 0 Å². The third-order valence-electron chi connectivity index (χ3n) is 4.92. The summed E-state index contributed by atoms with van der Waals surface area (Å²) in [4.78, 5) is 25.2. The summed E-state index contributed by atoms with van der Waals surface area (Å²) >= 11 is 0. The maximum absolute atomic E-state index is 12.7. The Labute approximate surface area is 155 Å². The quantitative estimate of drug-likeness (QED) is 0.785. The molecule has 2 amide bonds. The number of para-hydroxylation sites is 1. The third-order valence-corrected chi connectivity index (χ3v) is 4.92. The lowest BCUT2D eigenvalue weighted by atomic mass is 10.1. The number of nitrogens with one attached hydrogen (secondary N) is 2. The van der Waals surface area contributed by atoms with Crippen LogP contribution in [-0.2, 0) is 0 Å². The zero-order chi connectivity index (χ0) is 18.4. The second kappa shape index (κ2) is 8.65. The fourth-order valence-electron chi connectivity index (χ4n) is 3.38. The van der Waals surface area contributed by atoms with E-state index in [1.165, 1.54) is 12.8 Å². The van der Waals surface area contributed by atoms with E-state index in [0.29, 0.717) is 16.8 Å². The summed E-state index contributed by atoms with van der Waals surface area (Å²) in [6.07, 6.45) is 6.88. The highest BCUT2D eigenvalue weighted by molar-refractivity contribution is 6.09. The predicted molar refractivity (Wildman–Crippen MR) is 105 cm³/mol. The summed E-state index contributed by atoms with van der Waals surface area (Å²) in [6, 6.07) is 14.8. The molecule has 1 aliphatic rings. The number of carbonyl (C=O) groups is 2. The maximum atomic E-state index is 12.7. The van der Waals surface area contributed by atoms with E-state index in [1.807, 2.05) is 31.2 Å². The Hall–Kier alpha value is -2.62. The fraction of sp³-hybridized carbons (Fsp3) is 0.364. The van der Waals surface area contributed by atoms with Gasteiger partial charge in [0.05, 0.1) is 11.3 Å². The standard InChI is InChI=1S/C22H26N2O2/c1-16-12-14-17(15-13-16)21(25)24-20-11-7-6-10-19(20)22(26)23-18-8-4-2-3-5-9-18/h6-7,10-15,18H,2-5,8-9H2,1H3,(H,23,26)(H,24,25). The highest BCUT2D eigenvalue weighted by atomic mass is 16.2. The first-order valence-corrected chi connectivity index (χ1v) is 9.41. The van der Waals surface area contributed by atoms with Crippen LogP contribution in [0.25, 0.3) is 0 Å². The van der Waals surface area contributed by atoms with E-state index in [0.717, 1.165) is 31.2 Å². The van der Waals surface area contributed by atoms with Gasteiger partial charge in [-0.1, -0.05) is 55.5 Å². The topological polar surface area (TPSA) is 58.2 Å². The summed E-state index contributed by atoms with van der Waals surface area (Å²) in [5.41, 5.74) is 2.74. The number of aryl methyl sites for hydroxylation is 1. The normalized spacial score (nSPS) is 15.1. The molecular weight excluding hydrogens is 324 g/mol. The van der Waals surface area contributed by atoms with Gasteiger partial charge in [0.1, 0.15) is 0 Å². The van der Waals surface area contributed by atoms with Crippen LogP contribution in [0.5, 0.6) is 0 Å². The molecule has 0 bridgehead atoms. The van der Waals surface area contributed by atoms with Gasteiger partial charge in [-0.2, -0.15) is 0 Å². The van der Waals surface area contributed by atoms with Crippen LogP contribution < -0.4 is 10.6 Å². The van der Waals surface area contributed by atoms with Crippen LogP contribution in [0.15, 0.2) is 48.5 Å². The molecule has 2 aromatic carbocycles. The molecule has 1 saturated carbocycles. The first-order valence-electron chi connectivity index (χ1n) is 9.41. The molecule has 0 aromatic heterocycles. The molecule has 0 spiro atoms. The van der Waals surface area contributed by atoms with Crippen molar-refractivity contribution in [3.63, 3.8) is 0 Å². The fourth-order valence-corrected chi connectivity index (χ4v) is 3.38. The van der Waals surface area contributed by atoms with Crippen LogP contribution in [0.4, 0.5) is 5.69 Å². The van der Waals surface area contributed by atoms with Crippen LogP contribution in [0.1, 0.15) is 64.8 Å². The average molecular weight is 350 g/mol. The van der Waals surface area contributed by atoms with Crippen LogP contribution >= 0.6 is 0 Å². The Morgan fingerprint density at radius 2 is 1.50 bits per heavy atom. The van der Waals surface area contributed by atoms with Gasteiger partial charge in [-0.05, 0) is 44.0 Å². The van der Waals surface area contributed by atoms with Gasteiger partial charge in [-0.3, -0.25) is 9.59 Å². The molecule has 2 aromatic rings. The zero-order valence-electron chi connectivity index (χ0n) is 15.3. The van der Waals surface area contributed by atoms with E-state index in [2.05, 4.69) is 10.6 Å². The largest absolute Gasteiger partial charge is 0.349 e. The molecule has 1 aliphatic carbocycles. The lowest BCUT2D eigenvalue weighted by molar-refractivity contribution is 0.0934. The van der Waals surface area contributed by atoms with E-state index >= 15 is 0 Å². The summed E-state index contributed by atoms with van der Waals surface area (Å²) in [6.45, 7) is 1.98. The first kappa shape index (κ1) is 18.2. The van der Waals surface area contributed by atoms with Crippen molar-refractivity contribution in [2.75, 3.05) is 5.32 Å². The molecule has 4 heteroatoms. The second-order valence-corrected chi connectivity index (χ2v) is 7.03. The van der Waals surface area contributed by atoms with Crippen molar-refractivity contribution in [1.82, 2.24) is 5.32 Å². The minimum Gasteiger partial charge on any atom is -0.349 e. The monoisotopic (exact) mass is 350 g/mol. The minimum atomic E-state index is -0.209. The van der Waals surface area contributed by atoms with E-state index in [1.54, 1.807) is 24.3 Å². The van der Waals surface area contributed by atoms with E-state index in [4.69, 9.17) is 0 Å². The number of carbonyl (C=O) groups excluding carboxylic acids is 2. The number of anilines is 1.